The van der Waals surface area contributed by atoms with E-state index in [1.54, 1.807) is 23.1 Å². The quantitative estimate of drug-likeness (QED) is 0.0353. The summed E-state index contributed by atoms with van der Waals surface area (Å²) in [5.41, 5.74) is 6.34. The maximum absolute atomic E-state index is 14.9. The number of nitrogens with zero attached hydrogens (tertiary/aromatic N) is 2. The van der Waals surface area contributed by atoms with E-state index in [1.807, 2.05) is 91.9 Å². The minimum atomic E-state index is -1.53. The van der Waals surface area contributed by atoms with Crippen molar-refractivity contribution in [1.29, 1.82) is 0 Å². The zero-order valence-corrected chi connectivity index (χ0v) is 40.0. The van der Waals surface area contributed by atoms with Crippen molar-refractivity contribution in [3.8, 4) is 28.4 Å². The number of rotatable bonds is 24. The molecule has 70 heavy (non-hydrogen) atoms. The Hall–Kier alpha value is -6.31. The van der Waals surface area contributed by atoms with Crippen LogP contribution in [-0.2, 0) is 32.2 Å². The summed E-state index contributed by atoms with van der Waals surface area (Å²) >= 11 is 0. The van der Waals surface area contributed by atoms with Crippen LogP contribution in [-0.4, -0.2) is 78.4 Å². The van der Waals surface area contributed by atoms with E-state index in [9.17, 15) is 19.4 Å². The Bertz CT molecular complexity index is 2520. The summed E-state index contributed by atoms with van der Waals surface area (Å²) in [5.74, 6) is -0.837. The van der Waals surface area contributed by atoms with Crippen LogP contribution in [0.2, 0.25) is 0 Å². The molecule has 11 nitrogen and oxygen atoms in total. The molecule has 0 spiro atoms. The summed E-state index contributed by atoms with van der Waals surface area (Å²) in [7, 11) is 0. The minimum absolute atomic E-state index is 0.000104. The van der Waals surface area contributed by atoms with Crippen LogP contribution in [0.25, 0.3) is 11.1 Å². The fourth-order valence-electron chi connectivity index (χ4n) is 10.5. The monoisotopic (exact) mass is 952 g/mol. The second-order valence-corrected chi connectivity index (χ2v) is 18.1. The van der Waals surface area contributed by atoms with Crippen LogP contribution in [0.15, 0.2) is 157 Å². The van der Waals surface area contributed by atoms with Gasteiger partial charge >= 0.3 is 6.09 Å². The number of aliphatic hydroxyl groups excluding tert-OH is 2. The fraction of sp³-hybridized carbons (Fsp3) is 0.379. The standard InChI is InChI=1S/C58H65FN2O9/c1-3-33-67-58-54(61(39-41-21-25-46(59)26-22-41)57(64)66-35-34-65-40-42-15-7-5-8-16-42)38-52(60-68-4-2)50-36-45(19-11-13-31-62)49(20-12-14-32-63)55(56(50)58)51-37-48(29-30-53(51)70-58)69-47-27-23-44(24-28-47)43-17-9-6-10-18-43/h3,5-10,15-18,21-30,36-37,45,49,54-56,62-63H,1,4,11-14,19-20,31-35,38-40H2,2H3/t45-,49+,54-,55+,56+,58+/m0/s1. The molecule has 0 aromatic heterocycles. The lowest BCUT2D eigenvalue weighted by molar-refractivity contribution is -0.256. The summed E-state index contributed by atoms with van der Waals surface area (Å²) < 4.78 is 47.6. The molecule has 1 amide bonds. The summed E-state index contributed by atoms with van der Waals surface area (Å²) in [6, 6.07) is 39.1. The summed E-state index contributed by atoms with van der Waals surface area (Å²) in [5, 5.41) is 24.8. The van der Waals surface area contributed by atoms with Crippen LogP contribution in [0.3, 0.4) is 0 Å². The number of ether oxygens (including phenoxy) is 5. The number of benzene rings is 5. The number of carbonyl (C=O) groups is 1. The van der Waals surface area contributed by atoms with Crippen molar-refractivity contribution in [2.24, 2.45) is 22.9 Å². The molecular weight excluding hydrogens is 888 g/mol. The van der Waals surface area contributed by atoms with Gasteiger partial charge in [0.05, 0.1) is 31.5 Å². The van der Waals surface area contributed by atoms with E-state index in [1.165, 1.54) is 12.1 Å². The van der Waals surface area contributed by atoms with Gasteiger partial charge in [0, 0.05) is 37.7 Å². The van der Waals surface area contributed by atoms with Crippen molar-refractivity contribution in [3.63, 3.8) is 0 Å². The number of hydrogen-bond acceptors (Lipinski definition) is 10. The molecule has 2 aliphatic carbocycles. The van der Waals surface area contributed by atoms with Crippen LogP contribution < -0.4 is 9.47 Å². The zero-order valence-electron chi connectivity index (χ0n) is 40.0. The largest absolute Gasteiger partial charge is 0.459 e. The lowest BCUT2D eigenvalue weighted by Gasteiger charge is -2.59. The van der Waals surface area contributed by atoms with E-state index in [4.69, 9.17) is 33.7 Å². The summed E-state index contributed by atoms with van der Waals surface area (Å²) in [6.45, 7) is 6.99. The van der Waals surface area contributed by atoms with Gasteiger partial charge in [-0.3, -0.25) is 4.90 Å². The molecule has 0 saturated heterocycles. The highest BCUT2D eigenvalue weighted by atomic mass is 19.1. The molecule has 1 heterocycles. The van der Waals surface area contributed by atoms with Crippen LogP contribution in [0.5, 0.6) is 17.2 Å². The lowest BCUT2D eigenvalue weighted by atomic mass is 9.55. The van der Waals surface area contributed by atoms with Crippen molar-refractivity contribution in [3.05, 3.63) is 174 Å². The highest BCUT2D eigenvalue weighted by Crippen LogP contribution is 2.62. The average molecular weight is 953 g/mol. The first-order valence-corrected chi connectivity index (χ1v) is 24.7. The third-order valence-corrected chi connectivity index (χ3v) is 13.6. The molecule has 368 valence electrons. The van der Waals surface area contributed by atoms with Crippen LogP contribution in [0, 0.1) is 23.6 Å². The van der Waals surface area contributed by atoms with Gasteiger partial charge in [-0.05, 0) is 115 Å². The maximum Gasteiger partial charge on any atom is 0.410 e. The van der Waals surface area contributed by atoms with Gasteiger partial charge in [-0.1, -0.05) is 115 Å². The fourth-order valence-corrected chi connectivity index (χ4v) is 10.5. The number of unbranched alkanes of at least 4 members (excludes halogenated alkanes) is 2. The number of oxime groups is 1. The predicted octanol–water partition coefficient (Wildman–Crippen LogP) is 11.8. The predicted molar refractivity (Wildman–Crippen MR) is 268 cm³/mol. The Balaban J connectivity index is 1.24. The second kappa shape index (κ2) is 24.5. The van der Waals surface area contributed by atoms with Crippen molar-refractivity contribution >= 4 is 11.8 Å². The highest BCUT2D eigenvalue weighted by Gasteiger charge is 2.65. The van der Waals surface area contributed by atoms with E-state index < -0.39 is 29.7 Å². The SMILES string of the molecule is C=CCO[C@@]12Oc3ccc(Oc4ccc(-c5ccccc5)cc4)cc3[C@H]3[C@H](CCCCO)[C@@H](CCCCO)C=C(C(=NOCC)C[C@@H]1N(Cc1ccc(F)cc1)C(=O)OCCOCc1ccccc1)[C@H]32. The molecule has 2 N–H and O–H groups in total. The molecule has 0 bridgehead atoms. The van der Waals surface area contributed by atoms with Crippen LogP contribution >= 0.6 is 0 Å². The summed E-state index contributed by atoms with van der Waals surface area (Å²) in [4.78, 5) is 22.4. The Morgan fingerprint density at radius 2 is 1.54 bits per heavy atom. The van der Waals surface area contributed by atoms with Gasteiger partial charge in [-0.25, -0.2) is 9.18 Å². The number of fused-ring (bicyclic) bond motifs is 2. The van der Waals surface area contributed by atoms with Gasteiger partial charge < -0.3 is 38.7 Å². The van der Waals surface area contributed by atoms with E-state index in [2.05, 4.69) is 30.9 Å². The van der Waals surface area contributed by atoms with E-state index in [0.29, 0.717) is 54.6 Å². The molecule has 6 atom stereocenters. The number of carbonyl (C=O) groups excluding carboxylic acids is 1. The zero-order chi connectivity index (χ0) is 48.7. The molecule has 5 aromatic rings. The smallest absolute Gasteiger partial charge is 0.410 e. The molecule has 8 rings (SSSR count). The minimum Gasteiger partial charge on any atom is -0.459 e. The normalized spacial score (nSPS) is 21.7. The molecule has 5 aromatic carbocycles. The van der Waals surface area contributed by atoms with Crippen LogP contribution in [0.1, 0.15) is 74.5 Å². The molecule has 3 aliphatic rings. The Labute approximate surface area is 411 Å². The van der Waals surface area contributed by atoms with Gasteiger partial charge in [0.15, 0.2) is 0 Å². The van der Waals surface area contributed by atoms with Crippen molar-refractivity contribution in [2.45, 2.75) is 82.8 Å². The first kappa shape index (κ1) is 50.1. The molecule has 0 radical (unpaired) electrons. The number of allylic oxidation sites excluding steroid dienone is 1. The lowest BCUT2D eigenvalue weighted by Crippen LogP contribution is -2.70. The highest BCUT2D eigenvalue weighted by molar-refractivity contribution is 6.03. The van der Waals surface area contributed by atoms with Crippen molar-refractivity contribution in [1.82, 2.24) is 4.90 Å². The van der Waals surface area contributed by atoms with Gasteiger partial charge in [0.25, 0.3) is 0 Å². The van der Waals surface area contributed by atoms with E-state index in [-0.39, 0.29) is 63.8 Å². The van der Waals surface area contributed by atoms with Crippen LogP contribution in [0.4, 0.5) is 9.18 Å². The first-order valence-electron chi connectivity index (χ1n) is 24.7. The average Bonchev–Trinajstić information content (AvgIpc) is 3.39. The number of halogens is 1. The van der Waals surface area contributed by atoms with Crippen molar-refractivity contribution < 1.29 is 47.9 Å². The Morgan fingerprint density at radius 3 is 2.26 bits per heavy atom. The summed E-state index contributed by atoms with van der Waals surface area (Å²) in [6.07, 6.45) is 7.95. The third-order valence-electron chi connectivity index (χ3n) is 13.6. The topological polar surface area (TPSA) is 129 Å². The van der Waals surface area contributed by atoms with Gasteiger partial charge in [0.2, 0.25) is 5.79 Å². The van der Waals surface area contributed by atoms with E-state index >= 15 is 0 Å². The van der Waals surface area contributed by atoms with Crippen molar-refractivity contribution in [2.75, 3.05) is 39.6 Å². The molecule has 1 fully saturated rings. The van der Waals surface area contributed by atoms with E-state index in [0.717, 1.165) is 53.5 Å². The number of aliphatic hydroxyl groups is 2. The molecule has 12 heteroatoms. The maximum atomic E-state index is 14.9. The Morgan fingerprint density at radius 1 is 0.843 bits per heavy atom. The van der Waals surface area contributed by atoms with Gasteiger partial charge in [0.1, 0.15) is 42.3 Å². The Kier molecular flexibility index (Phi) is 17.5. The molecular formula is C58H65FN2O9. The number of amides is 1. The third kappa shape index (κ3) is 11.8. The first-order chi connectivity index (χ1) is 34.3. The second-order valence-electron chi connectivity index (χ2n) is 18.1. The molecule has 1 aliphatic heterocycles. The molecule has 0 unspecified atom stereocenters. The van der Waals surface area contributed by atoms with Gasteiger partial charge in [-0.2, -0.15) is 0 Å². The molecule has 1 saturated carbocycles. The number of hydrogen-bond donors (Lipinski definition) is 2. The van der Waals surface area contributed by atoms with Gasteiger partial charge in [-0.15, -0.1) is 6.58 Å².